The van der Waals surface area contributed by atoms with Gasteiger partial charge in [0.05, 0.1) is 29.2 Å². The number of ether oxygens (including phenoxy) is 1. The number of nitrogens with zero attached hydrogens (tertiary/aromatic N) is 3. The monoisotopic (exact) mass is 497 g/mol. The van der Waals surface area contributed by atoms with Crippen molar-refractivity contribution in [1.29, 1.82) is 0 Å². The van der Waals surface area contributed by atoms with E-state index < -0.39 is 6.04 Å². The minimum absolute atomic E-state index is 0.111. The van der Waals surface area contributed by atoms with E-state index in [4.69, 9.17) is 9.72 Å². The molecule has 192 valence electrons. The second kappa shape index (κ2) is 11.5. The summed E-state index contributed by atoms with van der Waals surface area (Å²) in [6.45, 7) is 8.93. The van der Waals surface area contributed by atoms with Crippen molar-refractivity contribution >= 4 is 16.8 Å². The third-order valence-corrected chi connectivity index (χ3v) is 7.02. The SMILES string of the molecule is CCc1ccc(C(=O)N(CCOC)C(CC)c2nc3ccccc3c(=O)n2-c2ccc(C)c(C)c2)cc1. The average Bonchev–Trinajstić information content (AvgIpc) is 2.92. The van der Waals surface area contributed by atoms with E-state index in [0.29, 0.717) is 41.9 Å². The van der Waals surface area contributed by atoms with Crippen LogP contribution in [0, 0.1) is 13.8 Å². The Hall–Kier alpha value is -3.77. The number of amides is 1. The third kappa shape index (κ3) is 5.35. The van der Waals surface area contributed by atoms with Gasteiger partial charge in [0.25, 0.3) is 11.5 Å². The maximum absolute atomic E-state index is 13.9. The fourth-order valence-electron chi connectivity index (χ4n) is 4.67. The molecule has 1 atom stereocenters. The molecule has 6 heteroatoms. The van der Waals surface area contributed by atoms with E-state index in [2.05, 4.69) is 6.92 Å². The van der Waals surface area contributed by atoms with Crippen molar-refractivity contribution in [2.45, 2.75) is 46.6 Å². The lowest BCUT2D eigenvalue weighted by Gasteiger charge is -2.32. The molecular weight excluding hydrogens is 462 g/mol. The molecule has 4 rings (SSSR count). The van der Waals surface area contributed by atoms with Crippen molar-refractivity contribution in [3.05, 3.63) is 105 Å². The summed E-state index contributed by atoms with van der Waals surface area (Å²) < 4.78 is 7.06. The number of carbonyl (C=O) groups is 1. The van der Waals surface area contributed by atoms with Crippen LogP contribution in [0.3, 0.4) is 0 Å². The van der Waals surface area contributed by atoms with Crippen molar-refractivity contribution in [2.75, 3.05) is 20.3 Å². The van der Waals surface area contributed by atoms with Crippen LogP contribution < -0.4 is 5.56 Å². The number of methoxy groups -OCH3 is 1. The van der Waals surface area contributed by atoms with Crippen LogP contribution in [0.15, 0.2) is 71.5 Å². The fraction of sp³-hybridized carbons (Fsp3) is 0.323. The maximum Gasteiger partial charge on any atom is 0.266 e. The molecule has 37 heavy (non-hydrogen) atoms. The number of aromatic nitrogens is 2. The van der Waals surface area contributed by atoms with Gasteiger partial charge in [-0.25, -0.2) is 4.98 Å². The highest BCUT2D eigenvalue weighted by atomic mass is 16.5. The highest BCUT2D eigenvalue weighted by molar-refractivity contribution is 5.94. The number of aryl methyl sites for hydroxylation is 3. The van der Waals surface area contributed by atoms with E-state index in [1.807, 2.05) is 81.4 Å². The lowest BCUT2D eigenvalue weighted by molar-refractivity contribution is 0.0579. The van der Waals surface area contributed by atoms with Gasteiger partial charge in [0.1, 0.15) is 5.82 Å². The Labute approximate surface area is 218 Å². The smallest absolute Gasteiger partial charge is 0.266 e. The molecule has 3 aromatic carbocycles. The van der Waals surface area contributed by atoms with Gasteiger partial charge in [0, 0.05) is 19.2 Å². The van der Waals surface area contributed by atoms with Gasteiger partial charge in [-0.3, -0.25) is 14.2 Å². The maximum atomic E-state index is 13.9. The first-order chi connectivity index (χ1) is 17.9. The largest absolute Gasteiger partial charge is 0.383 e. The standard InChI is InChI=1S/C31H35N3O3/c1-6-23-13-15-24(16-14-23)30(35)33(18-19-37-5)28(7-2)29-32-27-11-9-8-10-26(27)31(36)34(29)25-17-12-21(3)22(4)20-25/h8-17,20,28H,6-7,18-19H2,1-5H3. The van der Waals surface area contributed by atoms with Crippen molar-refractivity contribution in [1.82, 2.24) is 14.5 Å². The fourth-order valence-corrected chi connectivity index (χ4v) is 4.67. The number of para-hydroxylation sites is 1. The van der Waals surface area contributed by atoms with E-state index >= 15 is 0 Å². The lowest BCUT2D eigenvalue weighted by atomic mass is 10.1. The molecule has 1 heterocycles. The van der Waals surface area contributed by atoms with Gasteiger partial charge in [-0.2, -0.15) is 0 Å². The van der Waals surface area contributed by atoms with E-state index in [-0.39, 0.29) is 11.5 Å². The Morgan fingerprint density at radius 2 is 1.73 bits per heavy atom. The molecule has 1 unspecified atom stereocenters. The molecule has 0 N–H and O–H groups in total. The Balaban J connectivity index is 1.93. The molecule has 0 aliphatic heterocycles. The molecule has 4 aromatic rings. The van der Waals surface area contributed by atoms with Crippen LogP contribution in [-0.4, -0.2) is 40.6 Å². The Kier molecular flexibility index (Phi) is 8.19. The van der Waals surface area contributed by atoms with E-state index in [0.717, 1.165) is 23.2 Å². The minimum Gasteiger partial charge on any atom is -0.383 e. The molecule has 0 aliphatic carbocycles. The molecule has 0 fully saturated rings. The molecule has 0 spiro atoms. The summed E-state index contributed by atoms with van der Waals surface area (Å²) in [5.74, 6) is 0.435. The summed E-state index contributed by atoms with van der Waals surface area (Å²) in [5, 5.41) is 0.546. The van der Waals surface area contributed by atoms with Crippen LogP contribution in [0.2, 0.25) is 0 Å². The van der Waals surface area contributed by atoms with E-state index in [1.165, 1.54) is 5.56 Å². The van der Waals surface area contributed by atoms with Gasteiger partial charge in [-0.15, -0.1) is 0 Å². The Bertz CT molecular complexity index is 1460. The number of fused-ring (bicyclic) bond motifs is 1. The number of hydrogen-bond donors (Lipinski definition) is 0. The van der Waals surface area contributed by atoms with Gasteiger partial charge in [-0.05, 0) is 79.8 Å². The lowest BCUT2D eigenvalue weighted by Crippen LogP contribution is -2.40. The quantitative estimate of drug-likeness (QED) is 0.293. The van der Waals surface area contributed by atoms with E-state index in [9.17, 15) is 9.59 Å². The van der Waals surface area contributed by atoms with Crippen molar-refractivity contribution in [2.24, 2.45) is 0 Å². The third-order valence-electron chi connectivity index (χ3n) is 7.02. The summed E-state index contributed by atoms with van der Waals surface area (Å²) >= 11 is 0. The second-order valence-electron chi connectivity index (χ2n) is 9.36. The summed E-state index contributed by atoms with van der Waals surface area (Å²) in [5.41, 5.74) is 5.22. The van der Waals surface area contributed by atoms with Gasteiger partial charge in [0.2, 0.25) is 0 Å². The summed E-state index contributed by atoms with van der Waals surface area (Å²) in [7, 11) is 1.62. The zero-order chi connectivity index (χ0) is 26.5. The van der Waals surface area contributed by atoms with Crippen LogP contribution >= 0.6 is 0 Å². The van der Waals surface area contributed by atoms with Gasteiger partial charge in [0.15, 0.2) is 0 Å². The summed E-state index contributed by atoms with van der Waals surface area (Å²) in [4.78, 5) is 34.6. The van der Waals surface area contributed by atoms with Gasteiger partial charge >= 0.3 is 0 Å². The second-order valence-corrected chi connectivity index (χ2v) is 9.36. The highest BCUT2D eigenvalue weighted by Crippen LogP contribution is 2.28. The van der Waals surface area contributed by atoms with Crippen LogP contribution in [0.1, 0.15) is 59.2 Å². The minimum atomic E-state index is -0.438. The Morgan fingerprint density at radius 3 is 2.38 bits per heavy atom. The van der Waals surface area contributed by atoms with Crippen molar-refractivity contribution in [3.63, 3.8) is 0 Å². The number of rotatable bonds is 9. The molecule has 6 nitrogen and oxygen atoms in total. The Morgan fingerprint density at radius 1 is 1.00 bits per heavy atom. The zero-order valence-electron chi connectivity index (χ0n) is 22.3. The van der Waals surface area contributed by atoms with Crippen molar-refractivity contribution in [3.8, 4) is 5.69 Å². The van der Waals surface area contributed by atoms with Crippen LogP contribution in [0.4, 0.5) is 0 Å². The summed E-state index contributed by atoms with van der Waals surface area (Å²) in [6, 6.07) is 20.6. The number of carbonyl (C=O) groups excluding carboxylic acids is 1. The number of hydrogen-bond acceptors (Lipinski definition) is 4. The van der Waals surface area contributed by atoms with Gasteiger partial charge in [-0.1, -0.05) is 44.2 Å². The predicted octanol–water partition coefficient (Wildman–Crippen LogP) is 5.80. The normalized spacial score (nSPS) is 12.0. The molecule has 1 aromatic heterocycles. The van der Waals surface area contributed by atoms with Gasteiger partial charge < -0.3 is 9.64 Å². The summed E-state index contributed by atoms with van der Waals surface area (Å²) in [6.07, 6.45) is 1.49. The molecular formula is C31H35N3O3. The first-order valence-electron chi connectivity index (χ1n) is 12.9. The van der Waals surface area contributed by atoms with Crippen molar-refractivity contribution < 1.29 is 9.53 Å². The molecule has 0 saturated carbocycles. The van der Waals surface area contributed by atoms with Crippen LogP contribution in [0.5, 0.6) is 0 Å². The number of benzene rings is 3. The zero-order valence-corrected chi connectivity index (χ0v) is 22.3. The highest BCUT2D eigenvalue weighted by Gasteiger charge is 2.29. The predicted molar refractivity (Wildman–Crippen MR) is 149 cm³/mol. The topological polar surface area (TPSA) is 64.4 Å². The van der Waals surface area contributed by atoms with Crippen LogP contribution in [0.25, 0.3) is 16.6 Å². The molecule has 0 aliphatic rings. The first-order valence-corrected chi connectivity index (χ1v) is 12.9. The van der Waals surface area contributed by atoms with E-state index in [1.54, 1.807) is 22.6 Å². The molecule has 0 bridgehead atoms. The molecule has 0 saturated heterocycles. The van der Waals surface area contributed by atoms with Crippen LogP contribution in [-0.2, 0) is 11.2 Å². The molecule has 1 amide bonds. The first kappa shape index (κ1) is 26.3. The molecule has 0 radical (unpaired) electrons. The average molecular weight is 498 g/mol.